The first kappa shape index (κ1) is 13.5. The molecule has 0 saturated carbocycles. The molecule has 0 aliphatic heterocycles. The Kier molecular flexibility index (Phi) is 3.75. The number of methoxy groups -OCH3 is 1. The van der Waals surface area contributed by atoms with Gasteiger partial charge in [0.15, 0.2) is 0 Å². The van der Waals surface area contributed by atoms with Crippen LogP contribution < -0.4 is 10.5 Å². The molecule has 0 saturated heterocycles. The summed E-state index contributed by atoms with van der Waals surface area (Å²) in [4.78, 5) is 0. The third kappa shape index (κ3) is 3.14. The lowest BCUT2D eigenvalue weighted by atomic mass is 10.2. The summed E-state index contributed by atoms with van der Waals surface area (Å²) in [6.07, 6.45) is 1.79. The molecule has 0 atom stereocenters. The Morgan fingerprint density at radius 3 is 2.67 bits per heavy atom. The van der Waals surface area contributed by atoms with Crippen LogP contribution in [0.4, 0.5) is 5.69 Å². The first-order valence-electron chi connectivity index (χ1n) is 6.69. The summed E-state index contributed by atoms with van der Waals surface area (Å²) < 4.78 is 12.6. The van der Waals surface area contributed by atoms with Crippen LogP contribution in [-0.2, 0) is 18.0 Å². The average molecular weight is 283 g/mol. The summed E-state index contributed by atoms with van der Waals surface area (Å²) in [7, 11) is 1.65. The van der Waals surface area contributed by atoms with Crippen LogP contribution in [-0.4, -0.2) is 16.7 Å². The standard InChI is InChI=1S/C16H17N3O2/c1-20-16-6-2-12(3-7-16)10-21-11-14-8-15-5-4-13(17)9-19(15)18-14/h2-9H,10-11,17H2,1H3. The maximum absolute atomic E-state index is 5.73. The second-order valence-electron chi connectivity index (χ2n) is 4.81. The summed E-state index contributed by atoms with van der Waals surface area (Å²) in [5.74, 6) is 0.844. The minimum Gasteiger partial charge on any atom is -0.497 e. The molecule has 0 aliphatic carbocycles. The zero-order chi connectivity index (χ0) is 14.7. The quantitative estimate of drug-likeness (QED) is 0.782. The van der Waals surface area contributed by atoms with Gasteiger partial charge in [-0.05, 0) is 35.9 Å². The van der Waals surface area contributed by atoms with Crippen LogP contribution in [0.25, 0.3) is 5.52 Å². The Balaban J connectivity index is 1.60. The fraction of sp³-hybridized carbons (Fsp3) is 0.188. The van der Waals surface area contributed by atoms with Crippen molar-refractivity contribution >= 4 is 11.2 Å². The molecule has 1 aromatic carbocycles. The van der Waals surface area contributed by atoms with Gasteiger partial charge in [0.2, 0.25) is 0 Å². The molecular weight excluding hydrogens is 266 g/mol. The number of nitrogens with zero attached hydrogens (tertiary/aromatic N) is 2. The predicted molar refractivity (Wildman–Crippen MR) is 81.1 cm³/mol. The van der Waals surface area contributed by atoms with E-state index in [0.717, 1.165) is 22.5 Å². The van der Waals surface area contributed by atoms with Crippen molar-refractivity contribution in [2.45, 2.75) is 13.2 Å². The third-order valence-electron chi connectivity index (χ3n) is 3.21. The van der Waals surface area contributed by atoms with Crippen molar-refractivity contribution in [2.75, 3.05) is 12.8 Å². The second kappa shape index (κ2) is 5.85. The molecule has 0 unspecified atom stereocenters. The number of pyridine rings is 1. The Hall–Kier alpha value is -2.53. The lowest BCUT2D eigenvalue weighted by molar-refractivity contribution is 0.104. The van der Waals surface area contributed by atoms with E-state index in [-0.39, 0.29) is 0 Å². The van der Waals surface area contributed by atoms with Gasteiger partial charge in [0.1, 0.15) is 5.75 Å². The summed E-state index contributed by atoms with van der Waals surface area (Å²) in [6.45, 7) is 1.01. The monoisotopic (exact) mass is 283 g/mol. The highest BCUT2D eigenvalue weighted by molar-refractivity contribution is 5.52. The number of ether oxygens (including phenoxy) is 2. The normalized spacial score (nSPS) is 10.9. The molecule has 0 amide bonds. The molecule has 21 heavy (non-hydrogen) atoms. The Labute approximate surface area is 122 Å². The van der Waals surface area contributed by atoms with E-state index >= 15 is 0 Å². The van der Waals surface area contributed by atoms with Crippen LogP contribution in [0.2, 0.25) is 0 Å². The summed E-state index contributed by atoms with van der Waals surface area (Å²) in [6, 6.07) is 13.6. The highest BCUT2D eigenvalue weighted by atomic mass is 16.5. The zero-order valence-electron chi connectivity index (χ0n) is 11.8. The van der Waals surface area contributed by atoms with E-state index in [0.29, 0.717) is 18.9 Å². The van der Waals surface area contributed by atoms with Gasteiger partial charge < -0.3 is 15.2 Å². The molecule has 0 spiro atoms. The largest absolute Gasteiger partial charge is 0.497 e. The highest BCUT2D eigenvalue weighted by Crippen LogP contribution is 2.14. The first-order chi connectivity index (χ1) is 10.2. The fourth-order valence-electron chi connectivity index (χ4n) is 2.12. The van der Waals surface area contributed by atoms with Gasteiger partial charge in [-0.3, -0.25) is 0 Å². The highest BCUT2D eigenvalue weighted by Gasteiger charge is 2.02. The number of anilines is 1. The van der Waals surface area contributed by atoms with E-state index in [1.54, 1.807) is 17.8 Å². The van der Waals surface area contributed by atoms with Gasteiger partial charge in [-0.15, -0.1) is 0 Å². The number of hydrogen-bond donors (Lipinski definition) is 1. The molecule has 5 nitrogen and oxygen atoms in total. The lowest BCUT2D eigenvalue weighted by Gasteiger charge is -2.04. The minimum absolute atomic E-state index is 0.466. The molecule has 0 aliphatic rings. The number of benzene rings is 1. The molecule has 0 fully saturated rings. The molecule has 3 aromatic rings. The van der Waals surface area contributed by atoms with Crippen molar-refractivity contribution in [3.8, 4) is 5.75 Å². The van der Waals surface area contributed by atoms with E-state index < -0.39 is 0 Å². The predicted octanol–water partition coefficient (Wildman–Crippen LogP) is 2.64. The van der Waals surface area contributed by atoms with Gasteiger partial charge >= 0.3 is 0 Å². The Bertz CT molecular complexity index is 735. The van der Waals surface area contributed by atoms with Gasteiger partial charge in [0.25, 0.3) is 0 Å². The number of fused-ring (bicyclic) bond motifs is 1. The second-order valence-corrected chi connectivity index (χ2v) is 4.81. The van der Waals surface area contributed by atoms with E-state index in [1.807, 2.05) is 42.5 Å². The van der Waals surface area contributed by atoms with Crippen molar-refractivity contribution in [1.29, 1.82) is 0 Å². The molecule has 2 aromatic heterocycles. The van der Waals surface area contributed by atoms with E-state index in [4.69, 9.17) is 15.2 Å². The molecule has 0 bridgehead atoms. The van der Waals surface area contributed by atoms with Crippen LogP contribution in [0.3, 0.4) is 0 Å². The summed E-state index contributed by atoms with van der Waals surface area (Å²) >= 11 is 0. The van der Waals surface area contributed by atoms with Crippen molar-refractivity contribution in [3.63, 3.8) is 0 Å². The Morgan fingerprint density at radius 2 is 1.90 bits per heavy atom. The van der Waals surface area contributed by atoms with Crippen LogP contribution in [0.15, 0.2) is 48.7 Å². The Morgan fingerprint density at radius 1 is 1.10 bits per heavy atom. The maximum Gasteiger partial charge on any atom is 0.118 e. The van der Waals surface area contributed by atoms with Gasteiger partial charge in [0, 0.05) is 0 Å². The zero-order valence-corrected chi connectivity index (χ0v) is 11.8. The molecule has 108 valence electrons. The van der Waals surface area contributed by atoms with Gasteiger partial charge in [-0.25, -0.2) is 4.52 Å². The first-order valence-corrected chi connectivity index (χ1v) is 6.69. The minimum atomic E-state index is 0.466. The third-order valence-corrected chi connectivity index (χ3v) is 3.21. The summed E-state index contributed by atoms with van der Waals surface area (Å²) in [5, 5.41) is 4.42. The molecule has 2 N–H and O–H groups in total. The maximum atomic E-state index is 5.73. The molecule has 2 heterocycles. The van der Waals surface area contributed by atoms with Crippen molar-refractivity contribution in [3.05, 3.63) is 59.9 Å². The number of rotatable bonds is 5. The van der Waals surface area contributed by atoms with E-state index in [9.17, 15) is 0 Å². The van der Waals surface area contributed by atoms with Gasteiger partial charge in [-0.2, -0.15) is 5.10 Å². The average Bonchev–Trinajstić information content (AvgIpc) is 2.89. The van der Waals surface area contributed by atoms with Crippen LogP contribution in [0.1, 0.15) is 11.3 Å². The number of aromatic nitrogens is 2. The number of nitrogen functional groups attached to an aromatic ring is 1. The molecule has 5 heteroatoms. The smallest absolute Gasteiger partial charge is 0.118 e. The molecular formula is C16H17N3O2. The van der Waals surface area contributed by atoms with Crippen molar-refractivity contribution < 1.29 is 9.47 Å². The SMILES string of the molecule is COc1ccc(COCc2cc3ccc(N)cn3n2)cc1. The van der Waals surface area contributed by atoms with Crippen LogP contribution in [0.5, 0.6) is 5.75 Å². The van der Waals surface area contributed by atoms with Gasteiger partial charge in [-0.1, -0.05) is 12.1 Å². The fourth-order valence-corrected chi connectivity index (χ4v) is 2.12. The number of nitrogens with two attached hydrogens (primary N) is 1. The number of hydrogen-bond acceptors (Lipinski definition) is 4. The molecule has 3 rings (SSSR count). The van der Waals surface area contributed by atoms with Crippen molar-refractivity contribution in [1.82, 2.24) is 9.61 Å². The summed E-state index contributed by atoms with van der Waals surface area (Å²) in [5.41, 5.74) is 9.41. The van der Waals surface area contributed by atoms with E-state index in [1.165, 1.54) is 0 Å². The van der Waals surface area contributed by atoms with Crippen LogP contribution >= 0.6 is 0 Å². The van der Waals surface area contributed by atoms with Crippen molar-refractivity contribution in [2.24, 2.45) is 0 Å². The topological polar surface area (TPSA) is 61.8 Å². The lowest BCUT2D eigenvalue weighted by Crippen LogP contribution is -1.96. The van der Waals surface area contributed by atoms with E-state index in [2.05, 4.69) is 5.10 Å². The van der Waals surface area contributed by atoms with Crippen LogP contribution in [0, 0.1) is 0 Å². The van der Waals surface area contributed by atoms with Gasteiger partial charge in [0.05, 0.1) is 43.4 Å². The molecule has 0 radical (unpaired) electrons.